The number of rotatable bonds is 4. The third kappa shape index (κ3) is 4.57. The van der Waals surface area contributed by atoms with Gasteiger partial charge in [0.1, 0.15) is 0 Å². The quantitative estimate of drug-likeness (QED) is 0.669. The zero-order valence-corrected chi connectivity index (χ0v) is 18.6. The van der Waals surface area contributed by atoms with Gasteiger partial charge in [-0.15, -0.1) is 0 Å². The first-order valence-corrected chi connectivity index (χ1v) is 11.4. The number of likely N-dealkylation sites (tertiary alicyclic amines) is 1. The van der Waals surface area contributed by atoms with Crippen molar-refractivity contribution in [1.82, 2.24) is 14.5 Å². The van der Waals surface area contributed by atoms with Crippen LogP contribution in [0.2, 0.25) is 0 Å². The van der Waals surface area contributed by atoms with Crippen LogP contribution in [0, 0.1) is 5.41 Å². The van der Waals surface area contributed by atoms with E-state index in [1.807, 2.05) is 44.6 Å². The van der Waals surface area contributed by atoms with E-state index in [0.717, 1.165) is 51.1 Å². The van der Waals surface area contributed by atoms with Gasteiger partial charge in [-0.3, -0.25) is 9.69 Å². The highest BCUT2D eigenvalue weighted by Crippen LogP contribution is 2.41. The summed E-state index contributed by atoms with van der Waals surface area (Å²) in [6.45, 7) is 7.59. The average Bonchev–Trinajstić information content (AvgIpc) is 3.24. The van der Waals surface area contributed by atoms with Crippen molar-refractivity contribution in [3.05, 3.63) is 83.9 Å². The van der Waals surface area contributed by atoms with Gasteiger partial charge in [-0.05, 0) is 49.5 Å². The normalized spacial score (nSPS) is 17.4. The van der Waals surface area contributed by atoms with Gasteiger partial charge in [0, 0.05) is 25.0 Å². The van der Waals surface area contributed by atoms with E-state index in [0.29, 0.717) is 0 Å². The molecule has 1 spiro atoms. The Kier molecular flexibility index (Phi) is 6.52. The first kappa shape index (κ1) is 21.3. The van der Waals surface area contributed by atoms with E-state index in [1.165, 1.54) is 16.8 Å². The number of amides is 1. The van der Waals surface area contributed by atoms with Crippen molar-refractivity contribution in [2.75, 3.05) is 18.4 Å². The third-order valence-electron chi connectivity index (χ3n) is 6.47. The first-order chi connectivity index (χ1) is 15.2. The van der Waals surface area contributed by atoms with Crippen LogP contribution >= 0.6 is 0 Å². The van der Waals surface area contributed by atoms with Crippen molar-refractivity contribution in [3.8, 4) is 0 Å². The highest BCUT2D eigenvalue weighted by molar-refractivity contribution is 5.98. The van der Waals surface area contributed by atoms with Crippen LogP contribution in [0.15, 0.2) is 67.1 Å². The Morgan fingerprint density at radius 2 is 1.68 bits per heavy atom. The summed E-state index contributed by atoms with van der Waals surface area (Å²) in [6.07, 6.45) is 6.55. The van der Waals surface area contributed by atoms with E-state index in [1.54, 1.807) is 0 Å². The predicted molar refractivity (Wildman–Crippen MR) is 125 cm³/mol. The minimum atomic E-state index is -0.255. The van der Waals surface area contributed by atoms with Gasteiger partial charge >= 0.3 is 0 Å². The van der Waals surface area contributed by atoms with Crippen LogP contribution in [-0.4, -0.2) is 33.4 Å². The molecule has 2 aromatic carbocycles. The monoisotopic (exact) mass is 416 g/mol. The van der Waals surface area contributed by atoms with Crippen LogP contribution in [0.25, 0.3) is 0 Å². The fourth-order valence-electron chi connectivity index (χ4n) is 4.67. The van der Waals surface area contributed by atoms with Crippen LogP contribution in [0.3, 0.4) is 0 Å². The number of hydrogen-bond acceptors (Lipinski definition) is 3. The Balaban J connectivity index is 0.00000112. The Morgan fingerprint density at radius 3 is 2.45 bits per heavy atom. The maximum absolute atomic E-state index is 12.9. The number of anilines is 1. The van der Waals surface area contributed by atoms with Gasteiger partial charge in [0.15, 0.2) is 0 Å². The standard InChI is InChI=1S/C24H26N4O.C2H6/c29-23-24(14-20-8-4-5-9-22(20)26-23)10-12-27(13-11-24)17-21-15-25-18-28(21)16-19-6-2-1-3-7-19;1-2/h1-9,15,18H,10-14,16-17H2,(H,26,29);1-2H3. The number of piperidine rings is 1. The lowest BCUT2D eigenvalue weighted by Crippen LogP contribution is -2.49. The second-order valence-corrected chi connectivity index (χ2v) is 8.34. The summed E-state index contributed by atoms with van der Waals surface area (Å²) in [7, 11) is 0. The van der Waals surface area contributed by atoms with E-state index >= 15 is 0 Å². The van der Waals surface area contributed by atoms with Crippen molar-refractivity contribution in [2.45, 2.75) is 46.2 Å². The molecule has 0 unspecified atom stereocenters. The number of carbonyl (C=O) groups excluding carboxylic acids is 1. The van der Waals surface area contributed by atoms with Crippen LogP contribution in [0.4, 0.5) is 5.69 Å². The first-order valence-electron chi connectivity index (χ1n) is 11.4. The topological polar surface area (TPSA) is 50.2 Å². The van der Waals surface area contributed by atoms with Gasteiger partial charge < -0.3 is 9.88 Å². The molecule has 1 saturated heterocycles. The van der Waals surface area contributed by atoms with Gasteiger partial charge in [-0.25, -0.2) is 4.98 Å². The summed E-state index contributed by atoms with van der Waals surface area (Å²) < 4.78 is 2.23. The molecule has 5 nitrogen and oxygen atoms in total. The molecule has 0 radical (unpaired) electrons. The summed E-state index contributed by atoms with van der Waals surface area (Å²) in [5.41, 5.74) is 4.50. The number of imidazole rings is 1. The molecule has 2 aliphatic heterocycles. The molecule has 5 rings (SSSR count). The van der Waals surface area contributed by atoms with E-state index in [-0.39, 0.29) is 11.3 Å². The maximum Gasteiger partial charge on any atom is 0.231 e. The van der Waals surface area contributed by atoms with Crippen LogP contribution in [-0.2, 0) is 24.3 Å². The van der Waals surface area contributed by atoms with Crippen LogP contribution < -0.4 is 5.32 Å². The van der Waals surface area contributed by atoms with Gasteiger partial charge in [0.05, 0.1) is 17.4 Å². The molecule has 0 saturated carbocycles. The Morgan fingerprint density at radius 1 is 0.968 bits per heavy atom. The average molecular weight is 417 g/mol. The zero-order chi connectivity index (χ0) is 21.7. The van der Waals surface area contributed by atoms with Crippen molar-refractivity contribution >= 4 is 11.6 Å². The Bertz CT molecular complexity index is 1000. The molecular formula is C26H32N4O. The van der Waals surface area contributed by atoms with Crippen LogP contribution in [0.5, 0.6) is 0 Å². The summed E-state index contributed by atoms with van der Waals surface area (Å²) in [5, 5.41) is 3.15. The number of carbonyl (C=O) groups is 1. The largest absolute Gasteiger partial charge is 0.329 e. The highest BCUT2D eigenvalue weighted by Gasteiger charge is 2.44. The summed E-state index contributed by atoms with van der Waals surface area (Å²) in [5.74, 6) is 0.199. The molecule has 162 valence electrons. The minimum absolute atomic E-state index is 0.199. The molecule has 1 N–H and O–H groups in total. The number of nitrogens with zero attached hydrogens (tertiary/aromatic N) is 3. The lowest BCUT2D eigenvalue weighted by molar-refractivity contribution is -0.129. The SMILES string of the molecule is CC.O=C1Nc2ccccc2CC12CCN(Cc1cncn1Cc1ccccc1)CC2. The van der Waals surface area contributed by atoms with Gasteiger partial charge in [-0.1, -0.05) is 62.4 Å². The molecule has 0 bridgehead atoms. The van der Waals surface area contributed by atoms with Crippen molar-refractivity contribution in [3.63, 3.8) is 0 Å². The third-order valence-corrected chi connectivity index (χ3v) is 6.47. The number of aromatic nitrogens is 2. The number of benzene rings is 2. The second-order valence-electron chi connectivity index (χ2n) is 8.34. The molecule has 3 heterocycles. The molecule has 1 amide bonds. The number of hydrogen-bond donors (Lipinski definition) is 1. The van der Waals surface area contributed by atoms with Crippen LogP contribution in [0.1, 0.15) is 43.5 Å². The van der Waals surface area contributed by atoms with Crippen molar-refractivity contribution in [2.24, 2.45) is 5.41 Å². The van der Waals surface area contributed by atoms with E-state index in [4.69, 9.17) is 0 Å². The lowest BCUT2D eigenvalue weighted by Gasteiger charge is -2.43. The Labute approximate surface area is 185 Å². The van der Waals surface area contributed by atoms with Crippen molar-refractivity contribution in [1.29, 1.82) is 0 Å². The van der Waals surface area contributed by atoms with E-state index < -0.39 is 0 Å². The number of fused-ring (bicyclic) bond motifs is 1. The molecule has 1 fully saturated rings. The lowest BCUT2D eigenvalue weighted by atomic mass is 9.71. The fourth-order valence-corrected chi connectivity index (χ4v) is 4.67. The smallest absolute Gasteiger partial charge is 0.231 e. The molecule has 1 aromatic heterocycles. The van der Waals surface area contributed by atoms with Gasteiger partial charge in [0.25, 0.3) is 0 Å². The molecule has 2 aliphatic rings. The summed E-state index contributed by atoms with van der Waals surface area (Å²) >= 11 is 0. The maximum atomic E-state index is 12.9. The highest BCUT2D eigenvalue weighted by atomic mass is 16.2. The molecule has 5 heteroatoms. The second kappa shape index (κ2) is 9.48. The molecular weight excluding hydrogens is 384 g/mol. The van der Waals surface area contributed by atoms with E-state index in [9.17, 15) is 4.79 Å². The summed E-state index contributed by atoms with van der Waals surface area (Å²) in [6, 6.07) is 18.7. The molecule has 3 aromatic rings. The predicted octanol–water partition coefficient (Wildman–Crippen LogP) is 4.73. The molecule has 31 heavy (non-hydrogen) atoms. The minimum Gasteiger partial charge on any atom is -0.329 e. The Hall–Kier alpha value is -2.92. The van der Waals surface area contributed by atoms with Gasteiger partial charge in [0.2, 0.25) is 5.91 Å². The zero-order valence-electron chi connectivity index (χ0n) is 18.6. The number of para-hydroxylation sites is 1. The van der Waals surface area contributed by atoms with E-state index in [2.05, 4.69) is 56.2 Å². The van der Waals surface area contributed by atoms with Crippen molar-refractivity contribution < 1.29 is 4.79 Å². The summed E-state index contributed by atoms with van der Waals surface area (Å²) in [4.78, 5) is 19.7. The number of nitrogens with one attached hydrogen (secondary N) is 1. The van der Waals surface area contributed by atoms with Gasteiger partial charge in [-0.2, -0.15) is 0 Å². The fraction of sp³-hybridized carbons (Fsp3) is 0.385. The molecule has 0 aliphatic carbocycles. The molecule has 0 atom stereocenters.